The summed E-state index contributed by atoms with van der Waals surface area (Å²) in [6.45, 7) is 0.412. The molecule has 62 valence electrons. The van der Waals surface area contributed by atoms with Gasteiger partial charge in [-0.15, -0.1) is 12.4 Å². The first-order valence-corrected chi connectivity index (χ1v) is 2.59. The molecule has 4 heteroatoms. The van der Waals surface area contributed by atoms with Crippen LogP contribution in [-0.2, 0) is 4.79 Å². The maximum atomic E-state index is 9.75. The number of carbonyl (C=O) groups excluding carboxylic acids is 1. The van der Waals surface area contributed by atoms with Crippen LogP contribution in [0.3, 0.4) is 0 Å². The summed E-state index contributed by atoms with van der Waals surface area (Å²) in [4.78, 5) is 9.75. The first kappa shape index (κ1) is 13.0. The van der Waals surface area contributed by atoms with Crippen LogP contribution < -0.4 is 4.74 Å². The molecule has 0 bridgehead atoms. The molecule has 1 rings (SSSR count). The van der Waals surface area contributed by atoms with Gasteiger partial charge in [0.2, 0.25) is 0 Å². The van der Waals surface area contributed by atoms with Gasteiger partial charge in [0, 0.05) is 0 Å². The molecule has 1 aromatic carbocycles. The number of ether oxygens (including phenoxy) is 1. The Morgan fingerprint density at radius 1 is 1.18 bits per heavy atom. The summed E-state index contributed by atoms with van der Waals surface area (Å²) >= 11 is 0. The largest absolute Gasteiger partial charge is 0.429 e. The first-order chi connectivity index (χ1) is 4.43. The fraction of sp³-hybridized carbons (Fsp3) is 0. The molecule has 0 spiro atoms. The minimum absolute atomic E-state index is 0. The molecular weight excluding hydrogens is 184 g/mol. The second-order valence-corrected chi connectivity index (χ2v) is 1.53. The van der Waals surface area contributed by atoms with Crippen molar-refractivity contribution in [2.75, 3.05) is 0 Å². The molecule has 0 atom stereocenters. The zero-order valence-electron chi connectivity index (χ0n) is 5.69. The van der Waals surface area contributed by atoms with Gasteiger partial charge in [0.25, 0.3) is 6.47 Å². The highest BCUT2D eigenvalue weighted by Gasteiger charge is 1.84. The molecule has 11 heavy (non-hydrogen) atoms. The third-order valence-corrected chi connectivity index (χ3v) is 0.927. The van der Waals surface area contributed by atoms with E-state index >= 15 is 0 Å². The quantitative estimate of drug-likeness (QED) is 0.668. The van der Waals surface area contributed by atoms with Gasteiger partial charge in [-0.25, -0.2) is 0 Å². The van der Waals surface area contributed by atoms with Crippen LogP contribution in [0.25, 0.3) is 0 Å². The monoisotopic (exact) mass is 192 g/mol. The van der Waals surface area contributed by atoms with Crippen molar-refractivity contribution in [1.29, 1.82) is 0 Å². The van der Waals surface area contributed by atoms with Gasteiger partial charge in [-0.05, 0) is 12.1 Å². The number of hydrogen-bond donors (Lipinski definition) is 0. The Morgan fingerprint density at radius 2 is 1.73 bits per heavy atom. The molecule has 0 aliphatic heterocycles. The van der Waals surface area contributed by atoms with E-state index in [1.54, 1.807) is 24.3 Å². The highest BCUT2D eigenvalue weighted by Crippen LogP contribution is 2.05. The lowest BCUT2D eigenvalue weighted by Crippen LogP contribution is -1.85. The second-order valence-electron chi connectivity index (χ2n) is 1.53. The summed E-state index contributed by atoms with van der Waals surface area (Å²) in [5, 5.41) is 0. The molecule has 0 saturated heterocycles. The average Bonchev–Trinajstić information content (AvgIpc) is 1.91. The van der Waals surface area contributed by atoms with Gasteiger partial charge in [0.05, 0.1) is 0 Å². The predicted octanol–water partition coefficient (Wildman–Crippen LogP) is 1.76. The molecule has 0 aliphatic carbocycles. The van der Waals surface area contributed by atoms with E-state index in [-0.39, 0.29) is 25.9 Å². The average molecular weight is 193 g/mol. The van der Waals surface area contributed by atoms with Crippen LogP contribution in [0.1, 0.15) is 0 Å². The Bertz CT molecular complexity index is 191. The van der Waals surface area contributed by atoms with Gasteiger partial charge in [0.15, 0.2) is 0 Å². The van der Waals surface area contributed by atoms with Crippen molar-refractivity contribution >= 4 is 32.4 Å². The standard InChI is InChI=1S/C7H6O2.ClH.H2S/c8-6-9-7-4-2-1-3-5-7;;/h1-6H;1H;1H2. The molecule has 0 radical (unpaired) electrons. The van der Waals surface area contributed by atoms with E-state index < -0.39 is 0 Å². The molecular formula is C7H9ClO2S. The van der Waals surface area contributed by atoms with E-state index in [0.29, 0.717) is 12.2 Å². The molecule has 0 aromatic heterocycles. The Morgan fingerprint density at radius 3 is 2.18 bits per heavy atom. The third kappa shape index (κ3) is 4.70. The zero-order valence-corrected chi connectivity index (χ0v) is 7.51. The smallest absolute Gasteiger partial charge is 0.298 e. The van der Waals surface area contributed by atoms with Crippen LogP contribution in [0, 0.1) is 0 Å². The van der Waals surface area contributed by atoms with Crippen molar-refractivity contribution in [2.45, 2.75) is 0 Å². The SMILES string of the molecule is Cl.O=COc1ccccc1.S. The minimum atomic E-state index is 0. The van der Waals surface area contributed by atoms with Crippen molar-refractivity contribution in [1.82, 2.24) is 0 Å². The Balaban J connectivity index is 0. The molecule has 0 fully saturated rings. The van der Waals surface area contributed by atoms with Crippen molar-refractivity contribution in [3.63, 3.8) is 0 Å². The molecule has 0 unspecified atom stereocenters. The Kier molecular flexibility index (Phi) is 8.76. The van der Waals surface area contributed by atoms with Crippen molar-refractivity contribution in [3.05, 3.63) is 30.3 Å². The number of hydrogen-bond acceptors (Lipinski definition) is 2. The fourth-order valence-corrected chi connectivity index (χ4v) is 0.555. The van der Waals surface area contributed by atoms with Crippen LogP contribution in [0.15, 0.2) is 30.3 Å². The number of benzene rings is 1. The van der Waals surface area contributed by atoms with Crippen molar-refractivity contribution in [2.24, 2.45) is 0 Å². The lowest BCUT2D eigenvalue weighted by Gasteiger charge is -1.92. The van der Waals surface area contributed by atoms with Gasteiger partial charge in [-0.3, -0.25) is 4.79 Å². The lowest BCUT2D eigenvalue weighted by molar-refractivity contribution is -0.120. The van der Waals surface area contributed by atoms with Crippen LogP contribution >= 0.6 is 25.9 Å². The summed E-state index contributed by atoms with van der Waals surface area (Å²) < 4.78 is 4.53. The summed E-state index contributed by atoms with van der Waals surface area (Å²) in [7, 11) is 0. The van der Waals surface area contributed by atoms with Gasteiger partial charge < -0.3 is 4.74 Å². The second kappa shape index (κ2) is 7.44. The van der Waals surface area contributed by atoms with Crippen LogP contribution in [0.2, 0.25) is 0 Å². The van der Waals surface area contributed by atoms with Crippen LogP contribution in [0.5, 0.6) is 5.75 Å². The Hall–Kier alpha value is -0.670. The molecule has 0 heterocycles. The maximum absolute atomic E-state index is 9.75. The molecule has 0 N–H and O–H groups in total. The normalized spacial score (nSPS) is 6.91. The van der Waals surface area contributed by atoms with Crippen LogP contribution in [-0.4, -0.2) is 6.47 Å². The topological polar surface area (TPSA) is 26.3 Å². The van der Waals surface area contributed by atoms with Crippen LogP contribution in [0.4, 0.5) is 0 Å². The number of carbonyl (C=O) groups is 1. The number of para-hydroxylation sites is 1. The van der Waals surface area contributed by atoms with Gasteiger partial charge >= 0.3 is 0 Å². The zero-order chi connectivity index (χ0) is 6.53. The van der Waals surface area contributed by atoms with Gasteiger partial charge in [-0.2, -0.15) is 13.5 Å². The predicted molar refractivity (Wildman–Crippen MR) is 50.8 cm³/mol. The summed E-state index contributed by atoms with van der Waals surface area (Å²) in [5.41, 5.74) is 0. The minimum Gasteiger partial charge on any atom is -0.429 e. The molecule has 0 amide bonds. The van der Waals surface area contributed by atoms with E-state index in [9.17, 15) is 4.79 Å². The van der Waals surface area contributed by atoms with E-state index in [0.717, 1.165) is 0 Å². The lowest BCUT2D eigenvalue weighted by atomic mass is 10.3. The fourth-order valence-electron chi connectivity index (χ4n) is 0.555. The molecule has 0 aliphatic rings. The van der Waals surface area contributed by atoms with Gasteiger partial charge in [-0.1, -0.05) is 18.2 Å². The summed E-state index contributed by atoms with van der Waals surface area (Å²) in [5.74, 6) is 0.576. The highest BCUT2D eigenvalue weighted by atomic mass is 35.5. The third-order valence-electron chi connectivity index (χ3n) is 0.927. The highest BCUT2D eigenvalue weighted by molar-refractivity contribution is 7.59. The molecule has 2 nitrogen and oxygen atoms in total. The first-order valence-electron chi connectivity index (χ1n) is 2.59. The number of rotatable bonds is 2. The van der Waals surface area contributed by atoms with E-state index in [1.807, 2.05) is 6.07 Å². The van der Waals surface area contributed by atoms with Crippen molar-refractivity contribution in [3.8, 4) is 5.75 Å². The van der Waals surface area contributed by atoms with E-state index in [4.69, 9.17) is 0 Å². The summed E-state index contributed by atoms with van der Waals surface area (Å²) in [6.07, 6.45) is 0. The summed E-state index contributed by atoms with van der Waals surface area (Å²) in [6, 6.07) is 8.90. The molecule has 1 aromatic rings. The maximum Gasteiger partial charge on any atom is 0.298 e. The van der Waals surface area contributed by atoms with Gasteiger partial charge in [0.1, 0.15) is 5.75 Å². The van der Waals surface area contributed by atoms with E-state index in [1.165, 1.54) is 0 Å². The molecule has 0 saturated carbocycles. The Labute approximate surface area is 78.4 Å². The van der Waals surface area contributed by atoms with E-state index in [2.05, 4.69) is 4.74 Å². The van der Waals surface area contributed by atoms with Crippen molar-refractivity contribution < 1.29 is 9.53 Å². The number of halogens is 1.